The Morgan fingerprint density at radius 3 is 2.31 bits per heavy atom. The molecule has 0 bridgehead atoms. The molecule has 1 unspecified atom stereocenters. The van der Waals surface area contributed by atoms with Gasteiger partial charge in [0.05, 0.1) is 7.11 Å². The van der Waals surface area contributed by atoms with Crippen LogP contribution in [0.3, 0.4) is 0 Å². The van der Waals surface area contributed by atoms with Gasteiger partial charge in [-0.3, -0.25) is 9.59 Å². The Labute approximate surface area is 176 Å². The summed E-state index contributed by atoms with van der Waals surface area (Å²) in [7, 11) is 1.58. The van der Waals surface area contributed by atoms with Gasteiger partial charge < -0.3 is 19.7 Å². The molecule has 1 atom stereocenters. The molecule has 0 aliphatic heterocycles. The first-order chi connectivity index (χ1) is 14.0. The van der Waals surface area contributed by atoms with E-state index in [0.717, 1.165) is 5.56 Å². The van der Waals surface area contributed by atoms with Crippen molar-refractivity contribution < 1.29 is 19.1 Å². The van der Waals surface area contributed by atoms with Gasteiger partial charge in [0.15, 0.2) is 6.61 Å². The molecule has 0 aromatic heterocycles. The number of nitrogens with zero attached hydrogens (tertiary/aromatic N) is 1. The molecule has 0 radical (unpaired) electrons. The lowest BCUT2D eigenvalue weighted by Gasteiger charge is -2.30. The Hall–Kier alpha value is -2.73. The second kappa shape index (κ2) is 11.3. The number of methoxy groups -OCH3 is 1. The van der Waals surface area contributed by atoms with Crippen molar-refractivity contribution in [2.45, 2.75) is 32.9 Å². The smallest absolute Gasteiger partial charge is 0.261 e. The van der Waals surface area contributed by atoms with Crippen LogP contribution in [0.4, 0.5) is 0 Å². The number of amides is 2. The highest BCUT2D eigenvalue weighted by molar-refractivity contribution is 6.31. The molecule has 0 fully saturated rings. The molecule has 0 aliphatic carbocycles. The molecule has 1 N–H and O–H groups in total. The molecule has 0 aliphatic rings. The van der Waals surface area contributed by atoms with E-state index >= 15 is 0 Å². The summed E-state index contributed by atoms with van der Waals surface area (Å²) in [5, 5.41) is 3.35. The average molecular weight is 419 g/mol. The molecule has 2 amide bonds. The minimum absolute atomic E-state index is 0.188. The summed E-state index contributed by atoms with van der Waals surface area (Å²) in [6.07, 6.45) is 0.477. The first kappa shape index (κ1) is 22.6. The summed E-state index contributed by atoms with van der Waals surface area (Å²) in [6, 6.07) is 13.6. The van der Waals surface area contributed by atoms with E-state index in [1.165, 1.54) is 4.90 Å². The lowest BCUT2D eigenvalue weighted by molar-refractivity contribution is -0.142. The van der Waals surface area contributed by atoms with Gasteiger partial charge in [0, 0.05) is 18.1 Å². The standard InChI is InChI=1S/C22H27ClN2O4/c1-4-20(22(27)24-5-2)25(14-16-8-6-7-9-19(16)23)21(26)15-29-18-12-10-17(28-3)11-13-18/h6-13,20H,4-5,14-15H2,1-3H3,(H,24,27). The number of hydrogen-bond donors (Lipinski definition) is 1. The molecular formula is C22H27ClN2O4. The molecule has 0 heterocycles. The van der Waals surface area contributed by atoms with Crippen molar-refractivity contribution >= 4 is 23.4 Å². The predicted molar refractivity (Wildman–Crippen MR) is 113 cm³/mol. The fraction of sp³-hybridized carbons (Fsp3) is 0.364. The number of likely N-dealkylation sites (N-methyl/N-ethyl adjacent to an activating group) is 1. The van der Waals surface area contributed by atoms with E-state index in [9.17, 15) is 9.59 Å². The maximum Gasteiger partial charge on any atom is 0.261 e. The third-order valence-electron chi connectivity index (χ3n) is 4.46. The lowest BCUT2D eigenvalue weighted by atomic mass is 10.1. The third-order valence-corrected chi connectivity index (χ3v) is 4.83. The van der Waals surface area contributed by atoms with Crippen molar-refractivity contribution in [3.8, 4) is 11.5 Å². The maximum absolute atomic E-state index is 13.0. The number of ether oxygens (including phenoxy) is 2. The maximum atomic E-state index is 13.0. The quantitative estimate of drug-likeness (QED) is 0.639. The largest absolute Gasteiger partial charge is 0.497 e. The van der Waals surface area contributed by atoms with Crippen LogP contribution in [0.25, 0.3) is 0 Å². The highest BCUT2D eigenvalue weighted by Crippen LogP contribution is 2.21. The Kier molecular flexibility index (Phi) is 8.80. The zero-order chi connectivity index (χ0) is 21.2. The Bertz CT molecular complexity index is 811. The summed E-state index contributed by atoms with van der Waals surface area (Å²) in [6.45, 7) is 4.24. The van der Waals surface area contributed by atoms with Crippen LogP contribution in [-0.2, 0) is 16.1 Å². The lowest BCUT2D eigenvalue weighted by Crippen LogP contribution is -2.50. The number of carbonyl (C=O) groups excluding carboxylic acids is 2. The highest BCUT2D eigenvalue weighted by Gasteiger charge is 2.29. The van der Waals surface area contributed by atoms with Crippen molar-refractivity contribution in [3.63, 3.8) is 0 Å². The number of benzene rings is 2. The van der Waals surface area contributed by atoms with E-state index in [4.69, 9.17) is 21.1 Å². The summed E-state index contributed by atoms with van der Waals surface area (Å²) in [5.41, 5.74) is 0.773. The molecule has 0 spiro atoms. The molecular weight excluding hydrogens is 392 g/mol. The molecule has 29 heavy (non-hydrogen) atoms. The van der Waals surface area contributed by atoms with Crippen LogP contribution in [0, 0.1) is 0 Å². The second-order valence-corrected chi connectivity index (χ2v) is 6.80. The summed E-state index contributed by atoms with van der Waals surface area (Å²) < 4.78 is 10.8. The van der Waals surface area contributed by atoms with Gasteiger partial charge in [-0.25, -0.2) is 0 Å². The molecule has 2 aromatic carbocycles. The van der Waals surface area contributed by atoms with Crippen LogP contribution >= 0.6 is 11.6 Å². The van der Waals surface area contributed by atoms with E-state index in [1.807, 2.05) is 32.0 Å². The van der Waals surface area contributed by atoms with Crippen molar-refractivity contribution in [3.05, 3.63) is 59.1 Å². The van der Waals surface area contributed by atoms with Gasteiger partial charge in [0.25, 0.3) is 5.91 Å². The Morgan fingerprint density at radius 2 is 1.72 bits per heavy atom. The van der Waals surface area contributed by atoms with Crippen LogP contribution in [0.1, 0.15) is 25.8 Å². The Morgan fingerprint density at radius 1 is 1.07 bits per heavy atom. The van der Waals surface area contributed by atoms with Crippen LogP contribution in [0.2, 0.25) is 5.02 Å². The van der Waals surface area contributed by atoms with Crippen LogP contribution in [0.5, 0.6) is 11.5 Å². The number of hydrogen-bond acceptors (Lipinski definition) is 4. The number of halogens is 1. The van der Waals surface area contributed by atoms with Gasteiger partial charge in [0.2, 0.25) is 5.91 Å². The molecule has 7 heteroatoms. The molecule has 156 valence electrons. The molecule has 2 rings (SSSR count). The average Bonchev–Trinajstić information content (AvgIpc) is 2.73. The Balaban J connectivity index is 2.18. The third kappa shape index (κ3) is 6.39. The zero-order valence-corrected chi connectivity index (χ0v) is 17.7. The first-order valence-electron chi connectivity index (χ1n) is 9.57. The van der Waals surface area contributed by atoms with Gasteiger partial charge in [0.1, 0.15) is 17.5 Å². The summed E-state index contributed by atoms with van der Waals surface area (Å²) in [5.74, 6) is 0.757. The molecule has 0 saturated heterocycles. The minimum Gasteiger partial charge on any atom is -0.497 e. The van der Waals surface area contributed by atoms with Gasteiger partial charge in [-0.05, 0) is 49.2 Å². The van der Waals surface area contributed by atoms with Crippen molar-refractivity contribution in [1.82, 2.24) is 10.2 Å². The molecule has 2 aromatic rings. The summed E-state index contributed by atoms with van der Waals surface area (Å²) >= 11 is 6.28. The van der Waals surface area contributed by atoms with Crippen LogP contribution < -0.4 is 14.8 Å². The van der Waals surface area contributed by atoms with Crippen LogP contribution in [-0.4, -0.2) is 43.0 Å². The predicted octanol–water partition coefficient (Wildman–Crippen LogP) is 3.67. The fourth-order valence-electron chi connectivity index (χ4n) is 2.92. The summed E-state index contributed by atoms with van der Waals surface area (Å²) in [4.78, 5) is 27.1. The topological polar surface area (TPSA) is 67.9 Å². The minimum atomic E-state index is -0.613. The van der Waals surface area contributed by atoms with Crippen molar-refractivity contribution in [1.29, 1.82) is 0 Å². The normalized spacial score (nSPS) is 11.4. The molecule has 6 nitrogen and oxygen atoms in total. The fourth-order valence-corrected chi connectivity index (χ4v) is 3.12. The van der Waals surface area contributed by atoms with Crippen molar-refractivity contribution in [2.75, 3.05) is 20.3 Å². The molecule has 0 saturated carbocycles. The van der Waals surface area contributed by atoms with E-state index < -0.39 is 6.04 Å². The SMILES string of the molecule is CCNC(=O)C(CC)N(Cc1ccccc1Cl)C(=O)COc1ccc(OC)cc1. The van der Waals surface area contributed by atoms with Crippen LogP contribution in [0.15, 0.2) is 48.5 Å². The van der Waals surface area contributed by atoms with Gasteiger partial charge in [-0.15, -0.1) is 0 Å². The van der Waals surface area contributed by atoms with E-state index in [1.54, 1.807) is 37.4 Å². The van der Waals surface area contributed by atoms with E-state index in [-0.39, 0.29) is 25.0 Å². The van der Waals surface area contributed by atoms with Gasteiger partial charge >= 0.3 is 0 Å². The van der Waals surface area contributed by atoms with Gasteiger partial charge in [-0.1, -0.05) is 36.7 Å². The number of rotatable bonds is 10. The number of nitrogens with one attached hydrogen (secondary N) is 1. The first-order valence-corrected chi connectivity index (χ1v) is 9.95. The second-order valence-electron chi connectivity index (χ2n) is 6.40. The zero-order valence-electron chi connectivity index (χ0n) is 17.0. The monoisotopic (exact) mass is 418 g/mol. The van der Waals surface area contributed by atoms with E-state index in [2.05, 4.69) is 5.32 Å². The van der Waals surface area contributed by atoms with Gasteiger partial charge in [-0.2, -0.15) is 0 Å². The van der Waals surface area contributed by atoms with E-state index in [0.29, 0.717) is 29.5 Å². The number of carbonyl (C=O) groups is 2. The highest BCUT2D eigenvalue weighted by atomic mass is 35.5. The van der Waals surface area contributed by atoms with Crippen molar-refractivity contribution in [2.24, 2.45) is 0 Å².